The van der Waals surface area contributed by atoms with Crippen molar-refractivity contribution in [3.63, 3.8) is 0 Å². The smallest absolute Gasteiger partial charge is 0.337 e. The number of aryl methyl sites for hydroxylation is 1. The Kier molecular flexibility index (Phi) is 4.20. The van der Waals surface area contributed by atoms with Crippen molar-refractivity contribution in [2.75, 3.05) is 7.11 Å². The van der Waals surface area contributed by atoms with Crippen molar-refractivity contribution in [3.05, 3.63) is 63.4 Å². The van der Waals surface area contributed by atoms with Gasteiger partial charge in [-0.3, -0.25) is 4.99 Å². The molecule has 1 atom stereocenters. The van der Waals surface area contributed by atoms with Crippen LogP contribution in [0, 0.1) is 6.92 Å². The number of thiophene rings is 1. The van der Waals surface area contributed by atoms with Gasteiger partial charge in [-0.2, -0.15) is 0 Å². The zero-order chi connectivity index (χ0) is 15.5. The number of methoxy groups -OCH3 is 1. The number of aliphatic imine (C=N–C) groups is 1. The summed E-state index contributed by atoms with van der Waals surface area (Å²) in [6, 6.07) is 9.63. The molecule has 0 N–H and O–H groups in total. The van der Waals surface area contributed by atoms with Crippen LogP contribution in [0.25, 0.3) is 5.57 Å². The Morgan fingerprint density at radius 2 is 2.05 bits per heavy atom. The lowest BCUT2D eigenvalue weighted by Crippen LogP contribution is -2.03. The van der Waals surface area contributed by atoms with Crippen molar-refractivity contribution in [3.8, 4) is 0 Å². The van der Waals surface area contributed by atoms with Gasteiger partial charge in [0.25, 0.3) is 0 Å². The first-order valence-electron chi connectivity index (χ1n) is 7.14. The summed E-state index contributed by atoms with van der Waals surface area (Å²) < 4.78 is 4.72. The van der Waals surface area contributed by atoms with Crippen molar-refractivity contribution in [1.82, 2.24) is 0 Å². The van der Waals surface area contributed by atoms with Crippen LogP contribution in [0.2, 0.25) is 0 Å². The Hall–Kier alpha value is -2.20. The number of dihydropyridines is 1. The number of carbonyl (C=O) groups excluding carboxylic acids is 1. The van der Waals surface area contributed by atoms with Crippen molar-refractivity contribution in [1.29, 1.82) is 0 Å². The molecule has 2 aromatic rings. The summed E-state index contributed by atoms with van der Waals surface area (Å²) in [7, 11) is 1.39. The second-order valence-corrected chi connectivity index (χ2v) is 6.30. The monoisotopic (exact) mass is 311 g/mol. The molecule has 0 unspecified atom stereocenters. The SMILES string of the molecule is COC(=O)c1ccc([C@@H]2C=C(c3ccsc3C)CC=N2)cc1. The van der Waals surface area contributed by atoms with Gasteiger partial charge in [-0.15, -0.1) is 11.3 Å². The fourth-order valence-electron chi connectivity index (χ4n) is 2.60. The van der Waals surface area contributed by atoms with Crippen LogP contribution in [0.3, 0.4) is 0 Å². The minimum atomic E-state index is -0.316. The average molecular weight is 311 g/mol. The van der Waals surface area contributed by atoms with Gasteiger partial charge in [-0.05, 0) is 47.2 Å². The number of ether oxygens (including phenoxy) is 1. The maximum absolute atomic E-state index is 11.5. The van der Waals surface area contributed by atoms with E-state index in [1.54, 1.807) is 23.5 Å². The van der Waals surface area contributed by atoms with Crippen molar-refractivity contribution < 1.29 is 9.53 Å². The molecule has 3 nitrogen and oxygen atoms in total. The zero-order valence-electron chi connectivity index (χ0n) is 12.6. The summed E-state index contributed by atoms with van der Waals surface area (Å²) >= 11 is 1.77. The van der Waals surface area contributed by atoms with Crippen molar-refractivity contribution in [2.24, 2.45) is 4.99 Å². The van der Waals surface area contributed by atoms with Crippen LogP contribution < -0.4 is 0 Å². The quantitative estimate of drug-likeness (QED) is 0.786. The van der Waals surface area contributed by atoms with Crippen LogP contribution in [0.1, 0.15) is 38.8 Å². The molecule has 2 heterocycles. The number of allylic oxidation sites excluding steroid dienone is 1. The lowest BCUT2D eigenvalue weighted by atomic mass is 9.95. The highest BCUT2D eigenvalue weighted by atomic mass is 32.1. The first-order valence-corrected chi connectivity index (χ1v) is 8.02. The van der Waals surface area contributed by atoms with E-state index in [4.69, 9.17) is 4.74 Å². The van der Waals surface area contributed by atoms with Crippen molar-refractivity contribution in [2.45, 2.75) is 19.4 Å². The Morgan fingerprint density at radius 1 is 1.27 bits per heavy atom. The van der Waals surface area contributed by atoms with Crippen LogP contribution in [0.15, 0.2) is 46.8 Å². The number of esters is 1. The fourth-order valence-corrected chi connectivity index (χ4v) is 3.33. The van der Waals surface area contributed by atoms with Crippen molar-refractivity contribution >= 4 is 29.1 Å². The zero-order valence-corrected chi connectivity index (χ0v) is 13.4. The third-order valence-electron chi connectivity index (χ3n) is 3.81. The third kappa shape index (κ3) is 2.88. The molecule has 4 heteroatoms. The number of carbonyl (C=O) groups is 1. The van der Waals surface area contributed by atoms with Crippen LogP contribution in [0.5, 0.6) is 0 Å². The maximum Gasteiger partial charge on any atom is 0.337 e. The molecule has 22 heavy (non-hydrogen) atoms. The maximum atomic E-state index is 11.5. The molecular formula is C18H17NO2S. The van der Waals surface area contributed by atoms with E-state index in [0.29, 0.717) is 5.56 Å². The molecule has 1 aliphatic rings. The van der Waals surface area contributed by atoms with E-state index < -0.39 is 0 Å². The molecule has 1 aromatic carbocycles. The molecule has 0 spiro atoms. The molecule has 3 rings (SSSR count). The standard InChI is InChI=1S/C18H17NO2S/c1-12-16(8-10-22-12)15-7-9-19-17(11-15)13-3-5-14(6-4-13)18(20)21-2/h3-6,8-11,17H,7H2,1-2H3/t17-/m0/s1. The fraction of sp³-hybridized carbons (Fsp3) is 0.222. The second-order valence-electron chi connectivity index (χ2n) is 5.18. The molecule has 0 saturated heterocycles. The van der Waals surface area contributed by atoms with Gasteiger partial charge in [0, 0.05) is 17.5 Å². The Labute approximate surface area is 134 Å². The number of hydrogen-bond acceptors (Lipinski definition) is 4. The Balaban J connectivity index is 1.87. The summed E-state index contributed by atoms with van der Waals surface area (Å²) in [4.78, 5) is 17.4. The predicted octanol–water partition coefficient (Wildman–Crippen LogP) is 4.44. The van der Waals surface area contributed by atoms with E-state index in [1.165, 1.54) is 23.1 Å². The average Bonchev–Trinajstić information content (AvgIpc) is 3.00. The van der Waals surface area contributed by atoms with Gasteiger partial charge in [0.15, 0.2) is 0 Å². The molecular weight excluding hydrogens is 294 g/mol. The normalized spacial score (nSPS) is 17.2. The lowest BCUT2D eigenvalue weighted by molar-refractivity contribution is 0.0600. The molecule has 0 bridgehead atoms. The van der Waals surface area contributed by atoms with Gasteiger partial charge in [0.2, 0.25) is 0 Å². The Morgan fingerprint density at radius 3 is 2.68 bits per heavy atom. The van der Waals surface area contributed by atoms with Crippen LogP contribution in [-0.4, -0.2) is 19.3 Å². The van der Waals surface area contributed by atoms with Gasteiger partial charge in [0.05, 0.1) is 18.7 Å². The number of hydrogen-bond donors (Lipinski definition) is 0. The summed E-state index contributed by atoms with van der Waals surface area (Å²) in [5.74, 6) is -0.316. The number of nitrogens with zero attached hydrogens (tertiary/aromatic N) is 1. The molecule has 0 saturated carbocycles. The van der Waals surface area contributed by atoms with Crippen LogP contribution >= 0.6 is 11.3 Å². The highest BCUT2D eigenvalue weighted by molar-refractivity contribution is 7.10. The number of rotatable bonds is 3. The van der Waals surface area contributed by atoms with Gasteiger partial charge in [-0.1, -0.05) is 18.2 Å². The highest BCUT2D eigenvalue weighted by Crippen LogP contribution is 2.32. The second kappa shape index (κ2) is 6.28. The minimum Gasteiger partial charge on any atom is -0.465 e. The molecule has 0 aliphatic carbocycles. The summed E-state index contributed by atoms with van der Waals surface area (Å²) in [5, 5.41) is 2.12. The lowest BCUT2D eigenvalue weighted by Gasteiger charge is -2.16. The summed E-state index contributed by atoms with van der Waals surface area (Å²) in [5.41, 5.74) is 4.26. The van der Waals surface area contributed by atoms with E-state index in [2.05, 4.69) is 29.4 Å². The van der Waals surface area contributed by atoms with E-state index in [1.807, 2.05) is 18.3 Å². The largest absolute Gasteiger partial charge is 0.465 e. The molecule has 112 valence electrons. The highest BCUT2D eigenvalue weighted by Gasteiger charge is 2.15. The molecule has 1 aliphatic heterocycles. The molecule has 0 radical (unpaired) electrons. The number of benzene rings is 1. The van der Waals surface area contributed by atoms with Crippen LogP contribution in [-0.2, 0) is 4.74 Å². The third-order valence-corrected chi connectivity index (χ3v) is 4.66. The molecule has 0 fully saturated rings. The first-order chi connectivity index (χ1) is 10.7. The van der Waals surface area contributed by atoms with Gasteiger partial charge in [-0.25, -0.2) is 4.79 Å². The molecule has 0 amide bonds. The predicted molar refractivity (Wildman–Crippen MR) is 90.7 cm³/mol. The van der Waals surface area contributed by atoms with E-state index >= 15 is 0 Å². The van der Waals surface area contributed by atoms with Crippen LogP contribution in [0.4, 0.5) is 0 Å². The van der Waals surface area contributed by atoms with E-state index in [9.17, 15) is 4.79 Å². The van der Waals surface area contributed by atoms with Gasteiger partial charge >= 0.3 is 5.97 Å². The minimum absolute atomic E-state index is 0.00902. The van der Waals surface area contributed by atoms with E-state index in [-0.39, 0.29) is 12.0 Å². The van der Waals surface area contributed by atoms with Gasteiger partial charge in [0.1, 0.15) is 0 Å². The van der Waals surface area contributed by atoms with Gasteiger partial charge < -0.3 is 4.74 Å². The Bertz CT molecular complexity index is 741. The summed E-state index contributed by atoms with van der Waals surface area (Å²) in [6.07, 6.45) is 5.06. The topological polar surface area (TPSA) is 38.7 Å². The first kappa shape index (κ1) is 14.7. The summed E-state index contributed by atoms with van der Waals surface area (Å²) in [6.45, 7) is 2.15. The molecule has 1 aromatic heterocycles. The van der Waals surface area contributed by atoms with E-state index in [0.717, 1.165) is 12.0 Å².